The summed E-state index contributed by atoms with van der Waals surface area (Å²) in [6, 6.07) is 6.01. The van der Waals surface area contributed by atoms with Crippen molar-refractivity contribution in [2.24, 2.45) is 5.73 Å². The second-order valence-electron chi connectivity index (χ2n) is 4.84. The molecule has 3 N–H and O–H groups in total. The Kier molecular flexibility index (Phi) is 9.27. The van der Waals surface area contributed by atoms with Crippen LogP contribution in [0.15, 0.2) is 29.2 Å². The highest BCUT2D eigenvalue weighted by atomic mass is 35.5. The molecule has 0 saturated carbocycles. The molecule has 22 heavy (non-hydrogen) atoms. The van der Waals surface area contributed by atoms with Crippen molar-refractivity contribution < 1.29 is 17.9 Å². The number of halogens is 1. The van der Waals surface area contributed by atoms with Crippen LogP contribution < -0.4 is 10.5 Å². The largest absolute Gasteiger partial charge is 0.469 e. The molecule has 0 saturated heterocycles. The first-order chi connectivity index (χ1) is 9.89. The van der Waals surface area contributed by atoms with Crippen LogP contribution in [0.5, 0.6) is 0 Å². The molecule has 0 fully saturated rings. The number of carbonyl (C=O) groups is 1. The number of rotatable bonds is 8. The van der Waals surface area contributed by atoms with E-state index in [0.717, 1.165) is 5.56 Å². The highest BCUT2D eigenvalue weighted by Crippen LogP contribution is 2.13. The zero-order valence-corrected chi connectivity index (χ0v) is 14.4. The summed E-state index contributed by atoms with van der Waals surface area (Å²) in [4.78, 5) is 11.5. The minimum atomic E-state index is -3.66. The molecule has 8 heteroatoms. The van der Waals surface area contributed by atoms with E-state index in [2.05, 4.69) is 9.46 Å². The molecule has 126 valence electrons. The van der Waals surface area contributed by atoms with Crippen LogP contribution in [-0.2, 0) is 19.6 Å². The van der Waals surface area contributed by atoms with Gasteiger partial charge in [0, 0.05) is 6.04 Å². The van der Waals surface area contributed by atoms with E-state index < -0.39 is 22.0 Å². The van der Waals surface area contributed by atoms with Crippen LogP contribution >= 0.6 is 12.4 Å². The maximum Gasteiger partial charge on any atom is 0.307 e. The highest BCUT2D eigenvalue weighted by Gasteiger charge is 2.22. The lowest BCUT2D eigenvalue weighted by molar-refractivity contribution is -0.141. The number of nitrogens with one attached hydrogen (secondary N) is 1. The van der Waals surface area contributed by atoms with Crippen LogP contribution in [0.1, 0.15) is 24.8 Å². The summed E-state index contributed by atoms with van der Waals surface area (Å²) in [6.45, 7) is 2.31. The fourth-order valence-electron chi connectivity index (χ4n) is 1.86. The number of aryl methyl sites for hydroxylation is 1. The summed E-state index contributed by atoms with van der Waals surface area (Å²) in [5, 5.41) is 0. The molecule has 0 aliphatic heterocycles. The van der Waals surface area contributed by atoms with Gasteiger partial charge in [0.2, 0.25) is 10.0 Å². The van der Waals surface area contributed by atoms with Crippen molar-refractivity contribution in [2.75, 3.05) is 13.7 Å². The van der Waals surface area contributed by atoms with E-state index in [1.807, 2.05) is 6.92 Å². The van der Waals surface area contributed by atoms with Gasteiger partial charge in [-0.3, -0.25) is 4.79 Å². The van der Waals surface area contributed by atoms with Gasteiger partial charge in [-0.05, 0) is 38.4 Å². The Balaban J connectivity index is 0.00000441. The summed E-state index contributed by atoms with van der Waals surface area (Å²) in [5.41, 5.74) is 6.41. The molecule has 0 aliphatic rings. The van der Waals surface area contributed by atoms with E-state index in [-0.39, 0.29) is 23.7 Å². The Morgan fingerprint density at radius 2 is 1.91 bits per heavy atom. The average Bonchev–Trinajstić information content (AvgIpc) is 2.44. The van der Waals surface area contributed by atoms with Crippen LogP contribution in [-0.4, -0.2) is 34.1 Å². The number of methoxy groups -OCH3 is 1. The number of hydrogen-bond acceptors (Lipinski definition) is 5. The average molecular weight is 351 g/mol. The summed E-state index contributed by atoms with van der Waals surface area (Å²) in [5.74, 6) is -0.455. The molecule has 0 radical (unpaired) electrons. The molecular formula is C14H23ClN2O4S. The van der Waals surface area contributed by atoms with Crippen LogP contribution in [0.3, 0.4) is 0 Å². The maximum atomic E-state index is 12.3. The van der Waals surface area contributed by atoms with Crippen LogP contribution in [0.2, 0.25) is 0 Å². The highest BCUT2D eigenvalue weighted by molar-refractivity contribution is 7.89. The van der Waals surface area contributed by atoms with Gasteiger partial charge in [-0.25, -0.2) is 13.1 Å². The minimum absolute atomic E-state index is 0. The molecule has 1 aromatic rings. The fraction of sp³-hybridized carbons (Fsp3) is 0.500. The monoisotopic (exact) mass is 350 g/mol. The van der Waals surface area contributed by atoms with E-state index in [4.69, 9.17) is 5.73 Å². The molecule has 0 amide bonds. The van der Waals surface area contributed by atoms with Gasteiger partial charge in [-0.1, -0.05) is 17.7 Å². The number of hydrogen-bond donors (Lipinski definition) is 2. The Hall–Kier alpha value is -1.15. The van der Waals surface area contributed by atoms with Gasteiger partial charge in [0.05, 0.1) is 18.4 Å². The smallest absolute Gasteiger partial charge is 0.307 e. The number of benzene rings is 1. The van der Waals surface area contributed by atoms with E-state index in [1.165, 1.54) is 19.2 Å². The van der Waals surface area contributed by atoms with E-state index >= 15 is 0 Å². The molecule has 1 unspecified atom stereocenters. The number of carbonyl (C=O) groups excluding carboxylic acids is 1. The second kappa shape index (κ2) is 9.78. The van der Waals surface area contributed by atoms with Gasteiger partial charge in [0.15, 0.2) is 0 Å². The number of esters is 1. The minimum Gasteiger partial charge on any atom is -0.469 e. The van der Waals surface area contributed by atoms with Gasteiger partial charge >= 0.3 is 5.97 Å². The molecule has 0 bridgehead atoms. The predicted octanol–water partition coefficient (Wildman–Crippen LogP) is 1.37. The molecule has 0 heterocycles. The Morgan fingerprint density at radius 3 is 2.41 bits per heavy atom. The number of sulfonamides is 1. The molecule has 6 nitrogen and oxygen atoms in total. The van der Waals surface area contributed by atoms with Crippen LogP contribution in [0.25, 0.3) is 0 Å². The van der Waals surface area contributed by atoms with Crippen LogP contribution in [0.4, 0.5) is 0 Å². The standard InChI is InChI=1S/C14H22N2O4S.ClH/c1-11-5-7-13(8-6-11)21(18,19)16-12(4-3-9-15)10-14(17)20-2;/h5-8,12,16H,3-4,9-10,15H2,1-2H3;1H. The normalized spacial score (nSPS) is 12.3. The van der Waals surface area contributed by atoms with Crippen molar-refractivity contribution in [2.45, 2.75) is 37.1 Å². The van der Waals surface area contributed by atoms with Gasteiger partial charge in [0.25, 0.3) is 0 Å². The predicted molar refractivity (Wildman–Crippen MR) is 87.5 cm³/mol. The van der Waals surface area contributed by atoms with Gasteiger partial charge in [0.1, 0.15) is 0 Å². The summed E-state index contributed by atoms with van der Waals surface area (Å²) < 4.78 is 31.7. The summed E-state index contributed by atoms with van der Waals surface area (Å²) >= 11 is 0. The Bertz CT molecular complexity index is 561. The zero-order chi connectivity index (χ0) is 15.9. The fourth-order valence-corrected chi connectivity index (χ4v) is 3.13. The van der Waals surface area contributed by atoms with Gasteiger partial charge < -0.3 is 10.5 Å². The second-order valence-corrected chi connectivity index (χ2v) is 6.56. The number of nitrogens with two attached hydrogens (primary N) is 1. The van der Waals surface area contributed by atoms with Gasteiger partial charge in [-0.2, -0.15) is 0 Å². The van der Waals surface area contributed by atoms with Crippen molar-refractivity contribution in [1.29, 1.82) is 0 Å². The SMILES string of the molecule is COC(=O)CC(CCCN)NS(=O)(=O)c1ccc(C)cc1.Cl. The molecule has 0 aliphatic carbocycles. The quantitative estimate of drug-likeness (QED) is 0.690. The Morgan fingerprint density at radius 1 is 1.32 bits per heavy atom. The maximum absolute atomic E-state index is 12.3. The van der Waals surface area contributed by atoms with Crippen molar-refractivity contribution in [3.8, 4) is 0 Å². The molecule has 1 rings (SSSR count). The van der Waals surface area contributed by atoms with Crippen molar-refractivity contribution >= 4 is 28.4 Å². The molecule has 0 aromatic heterocycles. The molecule has 1 atom stereocenters. The zero-order valence-electron chi connectivity index (χ0n) is 12.7. The summed E-state index contributed by atoms with van der Waals surface area (Å²) in [7, 11) is -2.38. The van der Waals surface area contributed by atoms with Crippen molar-refractivity contribution in [3.63, 3.8) is 0 Å². The lowest BCUT2D eigenvalue weighted by Gasteiger charge is -2.17. The summed E-state index contributed by atoms with van der Waals surface area (Å²) in [6.07, 6.45) is 1.09. The Labute approximate surface area is 137 Å². The van der Waals surface area contributed by atoms with E-state index in [0.29, 0.717) is 19.4 Å². The van der Waals surface area contributed by atoms with E-state index in [1.54, 1.807) is 12.1 Å². The van der Waals surface area contributed by atoms with Crippen molar-refractivity contribution in [1.82, 2.24) is 4.72 Å². The third-order valence-corrected chi connectivity index (χ3v) is 4.59. The molecule has 1 aromatic carbocycles. The molecule has 0 spiro atoms. The first kappa shape index (κ1) is 20.9. The first-order valence-electron chi connectivity index (χ1n) is 6.75. The van der Waals surface area contributed by atoms with Crippen molar-refractivity contribution in [3.05, 3.63) is 29.8 Å². The molecular weight excluding hydrogens is 328 g/mol. The van der Waals surface area contributed by atoms with E-state index in [9.17, 15) is 13.2 Å². The van der Waals surface area contributed by atoms with Crippen LogP contribution in [0, 0.1) is 6.92 Å². The topological polar surface area (TPSA) is 98.5 Å². The first-order valence-corrected chi connectivity index (χ1v) is 8.23. The number of ether oxygens (including phenoxy) is 1. The third-order valence-electron chi connectivity index (χ3n) is 3.05. The lowest BCUT2D eigenvalue weighted by Crippen LogP contribution is -2.37. The van der Waals surface area contributed by atoms with Gasteiger partial charge in [-0.15, -0.1) is 12.4 Å². The third kappa shape index (κ3) is 6.74. The lowest BCUT2D eigenvalue weighted by atomic mass is 10.1.